The van der Waals surface area contributed by atoms with E-state index in [0.29, 0.717) is 18.0 Å². The summed E-state index contributed by atoms with van der Waals surface area (Å²) in [6.07, 6.45) is 3.57. The van der Waals surface area contributed by atoms with Crippen molar-refractivity contribution in [3.05, 3.63) is 0 Å². The third kappa shape index (κ3) is 3.72. The number of hydrogen-bond acceptors (Lipinski definition) is 3. The van der Waals surface area contributed by atoms with Crippen LogP contribution in [-0.2, 0) is 0 Å². The molecule has 2 unspecified atom stereocenters. The van der Waals surface area contributed by atoms with E-state index >= 15 is 0 Å². The molecule has 0 aromatic rings. The second-order valence-corrected chi connectivity index (χ2v) is 5.37. The minimum Gasteiger partial charge on any atom is -0.327 e. The minimum atomic E-state index is 0.369. The molecule has 0 radical (unpaired) electrons. The molecule has 1 aliphatic heterocycles. The molecular formula is C13H29N3. The third-order valence-corrected chi connectivity index (χ3v) is 4.18. The van der Waals surface area contributed by atoms with Crippen LogP contribution in [0.15, 0.2) is 0 Å². The number of nitrogens with two attached hydrogens (primary N) is 1. The van der Waals surface area contributed by atoms with E-state index in [-0.39, 0.29) is 0 Å². The van der Waals surface area contributed by atoms with Crippen molar-refractivity contribution in [2.75, 3.05) is 33.7 Å². The van der Waals surface area contributed by atoms with Crippen molar-refractivity contribution in [3.8, 4) is 0 Å². The lowest BCUT2D eigenvalue weighted by Gasteiger charge is -2.39. The van der Waals surface area contributed by atoms with E-state index in [1.807, 2.05) is 0 Å². The van der Waals surface area contributed by atoms with Gasteiger partial charge in [0.2, 0.25) is 0 Å². The summed E-state index contributed by atoms with van der Waals surface area (Å²) in [5.74, 6) is 0.695. The topological polar surface area (TPSA) is 32.5 Å². The largest absolute Gasteiger partial charge is 0.327 e. The van der Waals surface area contributed by atoms with E-state index in [9.17, 15) is 0 Å². The van der Waals surface area contributed by atoms with Crippen LogP contribution in [-0.4, -0.2) is 55.6 Å². The van der Waals surface area contributed by atoms with Crippen molar-refractivity contribution in [2.24, 2.45) is 11.7 Å². The number of piperazine rings is 1. The molecular weight excluding hydrogens is 198 g/mol. The van der Waals surface area contributed by atoms with E-state index in [2.05, 4.69) is 37.7 Å². The van der Waals surface area contributed by atoms with Crippen LogP contribution in [0.2, 0.25) is 0 Å². The molecule has 1 heterocycles. The Bertz CT molecular complexity index is 192. The minimum absolute atomic E-state index is 0.369. The fourth-order valence-electron chi connectivity index (χ4n) is 2.76. The number of hydrogen-bond donors (Lipinski definition) is 1. The van der Waals surface area contributed by atoms with Crippen molar-refractivity contribution in [1.82, 2.24) is 9.80 Å². The van der Waals surface area contributed by atoms with Crippen LogP contribution in [0.25, 0.3) is 0 Å². The Morgan fingerprint density at radius 3 is 2.38 bits per heavy atom. The molecule has 2 atom stereocenters. The molecule has 0 aromatic carbocycles. The van der Waals surface area contributed by atoms with Crippen LogP contribution in [0.1, 0.15) is 33.1 Å². The summed E-state index contributed by atoms with van der Waals surface area (Å²) in [4.78, 5) is 4.90. The molecule has 1 aliphatic rings. The first-order valence-corrected chi connectivity index (χ1v) is 6.72. The maximum absolute atomic E-state index is 6.33. The van der Waals surface area contributed by atoms with Gasteiger partial charge in [-0.15, -0.1) is 0 Å². The van der Waals surface area contributed by atoms with Crippen LogP contribution in [0.3, 0.4) is 0 Å². The molecule has 0 aromatic heterocycles. The Morgan fingerprint density at radius 1 is 1.19 bits per heavy atom. The zero-order valence-electron chi connectivity index (χ0n) is 11.4. The second-order valence-electron chi connectivity index (χ2n) is 5.37. The van der Waals surface area contributed by atoms with Gasteiger partial charge in [0.25, 0.3) is 0 Å². The number of rotatable bonds is 5. The molecule has 0 amide bonds. The average Bonchev–Trinajstić information content (AvgIpc) is 2.25. The van der Waals surface area contributed by atoms with Gasteiger partial charge in [0, 0.05) is 31.7 Å². The van der Waals surface area contributed by atoms with E-state index in [0.717, 1.165) is 6.42 Å². The Balaban J connectivity index is 2.44. The van der Waals surface area contributed by atoms with Gasteiger partial charge in [-0.05, 0) is 26.4 Å². The van der Waals surface area contributed by atoms with Gasteiger partial charge in [-0.2, -0.15) is 0 Å². The summed E-state index contributed by atoms with van der Waals surface area (Å²) >= 11 is 0. The highest BCUT2D eigenvalue weighted by Crippen LogP contribution is 2.19. The average molecular weight is 227 g/mol. The van der Waals surface area contributed by atoms with E-state index in [1.165, 1.54) is 32.5 Å². The highest BCUT2D eigenvalue weighted by atomic mass is 15.3. The van der Waals surface area contributed by atoms with E-state index in [4.69, 9.17) is 5.73 Å². The number of likely N-dealkylation sites (N-methyl/N-ethyl adjacent to an activating group) is 2. The van der Waals surface area contributed by atoms with Gasteiger partial charge in [-0.1, -0.05) is 26.7 Å². The molecule has 96 valence electrons. The molecule has 1 rings (SSSR count). The SMILES string of the molecule is CCC(CC)C(N)CC1CN(C)CCN1C. The molecule has 16 heavy (non-hydrogen) atoms. The van der Waals surface area contributed by atoms with Crippen molar-refractivity contribution >= 4 is 0 Å². The summed E-state index contributed by atoms with van der Waals surface area (Å²) in [5.41, 5.74) is 6.33. The zero-order valence-corrected chi connectivity index (χ0v) is 11.4. The van der Waals surface area contributed by atoms with Crippen molar-refractivity contribution in [1.29, 1.82) is 0 Å². The van der Waals surface area contributed by atoms with Gasteiger partial charge < -0.3 is 15.5 Å². The fourth-order valence-corrected chi connectivity index (χ4v) is 2.76. The molecule has 3 nitrogen and oxygen atoms in total. The molecule has 0 spiro atoms. The lowest BCUT2D eigenvalue weighted by atomic mass is 9.89. The van der Waals surface area contributed by atoms with Gasteiger partial charge in [-0.25, -0.2) is 0 Å². The first-order valence-electron chi connectivity index (χ1n) is 6.72. The molecule has 1 saturated heterocycles. The molecule has 0 aliphatic carbocycles. The normalized spacial score (nSPS) is 26.2. The monoisotopic (exact) mass is 227 g/mol. The first kappa shape index (κ1) is 13.9. The maximum Gasteiger partial charge on any atom is 0.0235 e. The Labute approximate surface area is 101 Å². The summed E-state index contributed by atoms with van der Waals surface area (Å²) in [6, 6.07) is 1.02. The lowest BCUT2D eigenvalue weighted by molar-refractivity contribution is 0.0983. The van der Waals surface area contributed by atoms with Crippen LogP contribution in [0.4, 0.5) is 0 Å². The third-order valence-electron chi connectivity index (χ3n) is 4.18. The predicted molar refractivity (Wildman–Crippen MR) is 70.6 cm³/mol. The smallest absolute Gasteiger partial charge is 0.0235 e. The molecule has 0 saturated carbocycles. The summed E-state index contributed by atoms with van der Waals surface area (Å²) in [7, 11) is 4.44. The van der Waals surface area contributed by atoms with Gasteiger partial charge in [-0.3, -0.25) is 0 Å². The van der Waals surface area contributed by atoms with E-state index in [1.54, 1.807) is 0 Å². The molecule has 3 heteroatoms. The van der Waals surface area contributed by atoms with Gasteiger partial charge in [0.1, 0.15) is 0 Å². The zero-order chi connectivity index (χ0) is 12.1. The predicted octanol–water partition coefficient (Wildman–Crippen LogP) is 1.39. The molecule has 0 bridgehead atoms. The van der Waals surface area contributed by atoms with Gasteiger partial charge in [0.15, 0.2) is 0 Å². The van der Waals surface area contributed by atoms with Gasteiger partial charge >= 0.3 is 0 Å². The highest BCUT2D eigenvalue weighted by Gasteiger charge is 2.26. The second kappa shape index (κ2) is 6.58. The summed E-state index contributed by atoms with van der Waals surface area (Å²) in [5, 5.41) is 0. The van der Waals surface area contributed by atoms with Gasteiger partial charge in [0.05, 0.1) is 0 Å². The van der Waals surface area contributed by atoms with Crippen LogP contribution >= 0.6 is 0 Å². The quantitative estimate of drug-likeness (QED) is 0.770. The summed E-state index contributed by atoms with van der Waals surface area (Å²) < 4.78 is 0. The maximum atomic E-state index is 6.33. The first-order chi connectivity index (χ1) is 7.58. The Kier molecular flexibility index (Phi) is 5.73. The van der Waals surface area contributed by atoms with E-state index < -0.39 is 0 Å². The van der Waals surface area contributed by atoms with Crippen molar-refractivity contribution < 1.29 is 0 Å². The Morgan fingerprint density at radius 2 is 1.81 bits per heavy atom. The molecule has 1 fully saturated rings. The van der Waals surface area contributed by atoms with Crippen LogP contribution in [0.5, 0.6) is 0 Å². The number of nitrogens with zero attached hydrogens (tertiary/aromatic N) is 2. The lowest BCUT2D eigenvalue weighted by Crippen LogP contribution is -2.52. The fraction of sp³-hybridized carbons (Fsp3) is 1.00. The Hall–Kier alpha value is -0.120. The summed E-state index contributed by atoms with van der Waals surface area (Å²) in [6.45, 7) is 8.05. The van der Waals surface area contributed by atoms with Crippen LogP contribution in [0, 0.1) is 5.92 Å². The standard InChI is InChI=1S/C13H29N3/c1-5-11(6-2)13(14)9-12-10-15(3)7-8-16(12)4/h11-13H,5-10,14H2,1-4H3. The van der Waals surface area contributed by atoms with Crippen molar-refractivity contribution in [2.45, 2.75) is 45.2 Å². The van der Waals surface area contributed by atoms with Crippen molar-refractivity contribution in [3.63, 3.8) is 0 Å². The highest BCUT2D eigenvalue weighted by molar-refractivity contribution is 4.84. The molecule has 2 N–H and O–H groups in total. The van der Waals surface area contributed by atoms with Crippen LogP contribution < -0.4 is 5.73 Å².